The Morgan fingerprint density at radius 1 is 1.57 bits per heavy atom. The predicted molar refractivity (Wildman–Crippen MR) is 47.4 cm³/mol. The van der Waals surface area contributed by atoms with Crippen LogP contribution in [0.3, 0.4) is 0 Å². The normalized spacial score (nSPS) is 12.5. The average Bonchev–Trinajstić information content (AvgIpc) is 2.16. The Morgan fingerprint density at radius 2 is 2.21 bits per heavy atom. The van der Waals surface area contributed by atoms with Gasteiger partial charge in [-0.15, -0.1) is 0 Å². The van der Waals surface area contributed by atoms with E-state index < -0.39 is 17.8 Å². The number of carboxylic acid groups (broad SMARTS) is 1. The van der Waals surface area contributed by atoms with E-state index in [0.29, 0.717) is 0 Å². The number of nitrogens with two attached hydrogens (primary N) is 1. The van der Waals surface area contributed by atoms with Gasteiger partial charge in [-0.05, 0) is 12.1 Å². The second-order valence-corrected chi connectivity index (χ2v) is 2.83. The molecule has 5 heteroatoms. The zero-order valence-electron chi connectivity index (χ0n) is 7.27. The Kier molecular flexibility index (Phi) is 3.16. The molecule has 0 heterocycles. The summed E-state index contributed by atoms with van der Waals surface area (Å²) in [7, 11) is 0. The van der Waals surface area contributed by atoms with Gasteiger partial charge in [0.15, 0.2) is 0 Å². The molecule has 0 unspecified atom stereocenters. The van der Waals surface area contributed by atoms with E-state index in [-0.39, 0.29) is 17.7 Å². The van der Waals surface area contributed by atoms with Crippen molar-refractivity contribution in [1.82, 2.24) is 0 Å². The molecule has 0 fully saturated rings. The fourth-order valence-electron chi connectivity index (χ4n) is 1.06. The molecular formula is C9H10FNO3. The van der Waals surface area contributed by atoms with Crippen LogP contribution in [-0.4, -0.2) is 22.8 Å². The number of carbonyl (C=O) groups is 1. The van der Waals surface area contributed by atoms with Crippen LogP contribution in [0.1, 0.15) is 22.0 Å². The highest BCUT2D eigenvalue weighted by Gasteiger charge is 2.12. The van der Waals surface area contributed by atoms with Crippen molar-refractivity contribution in [3.63, 3.8) is 0 Å². The number of aliphatic hydroxyl groups excluding tert-OH is 1. The highest BCUT2D eigenvalue weighted by Crippen LogP contribution is 2.16. The fraction of sp³-hybridized carbons (Fsp3) is 0.222. The molecule has 76 valence electrons. The number of benzene rings is 1. The van der Waals surface area contributed by atoms with Crippen LogP contribution in [-0.2, 0) is 0 Å². The van der Waals surface area contributed by atoms with Gasteiger partial charge in [-0.1, -0.05) is 6.07 Å². The summed E-state index contributed by atoms with van der Waals surface area (Å²) in [5.74, 6) is -1.92. The van der Waals surface area contributed by atoms with E-state index in [1.54, 1.807) is 0 Å². The van der Waals surface area contributed by atoms with E-state index in [4.69, 9.17) is 15.9 Å². The lowest BCUT2D eigenvalue weighted by atomic mass is 10.1. The van der Waals surface area contributed by atoms with Crippen molar-refractivity contribution >= 4 is 5.97 Å². The lowest BCUT2D eigenvalue weighted by Crippen LogP contribution is -2.16. The quantitative estimate of drug-likeness (QED) is 0.662. The zero-order chi connectivity index (χ0) is 10.7. The summed E-state index contributed by atoms with van der Waals surface area (Å²) in [5.41, 5.74) is 5.35. The molecule has 14 heavy (non-hydrogen) atoms. The molecule has 0 aromatic heterocycles. The minimum atomic E-state index is -1.20. The number of hydrogen-bond donors (Lipinski definition) is 3. The summed E-state index contributed by atoms with van der Waals surface area (Å²) >= 11 is 0. The minimum Gasteiger partial charge on any atom is -0.478 e. The Morgan fingerprint density at radius 3 is 2.64 bits per heavy atom. The van der Waals surface area contributed by atoms with Crippen LogP contribution in [0.15, 0.2) is 18.2 Å². The lowest BCUT2D eigenvalue weighted by molar-refractivity contribution is 0.0696. The summed E-state index contributed by atoms with van der Waals surface area (Å²) in [6, 6.07) is 2.57. The number of aliphatic hydroxyl groups is 1. The predicted octanol–water partition coefficient (Wildman–Crippen LogP) is 0.516. The summed E-state index contributed by atoms with van der Waals surface area (Å²) < 4.78 is 13.2. The third kappa shape index (κ3) is 2.07. The molecule has 4 N–H and O–H groups in total. The van der Waals surface area contributed by atoms with E-state index in [1.165, 1.54) is 12.1 Å². The molecule has 4 nitrogen and oxygen atoms in total. The van der Waals surface area contributed by atoms with E-state index in [9.17, 15) is 9.18 Å². The maximum atomic E-state index is 13.2. The van der Waals surface area contributed by atoms with Gasteiger partial charge < -0.3 is 15.9 Å². The molecular weight excluding hydrogens is 189 g/mol. The number of halogens is 1. The topological polar surface area (TPSA) is 83.5 Å². The fourth-order valence-corrected chi connectivity index (χ4v) is 1.06. The Labute approximate surface area is 79.8 Å². The maximum absolute atomic E-state index is 13.2. The molecule has 0 spiro atoms. The smallest absolute Gasteiger partial charge is 0.335 e. The van der Waals surface area contributed by atoms with Crippen molar-refractivity contribution in [3.05, 3.63) is 35.1 Å². The van der Waals surface area contributed by atoms with Crippen LogP contribution in [0.5, 0.6) is 0 Å². The first-order valence-electron chi connectivity index (χ1n) is 3.95. The van der Waals surface area contributed by atoms with Gasteiger partial charge in [0.25, 0.3) is 0 Å². The molecule has 0 saturated heterocycles. The number of rotatable bonds is 3. The van der Waals surface area contributed by atoms with E-state index in [1.807, 2.05) is 0 Å². The first kappa shape index (κ1) is 10.6. The van der Waals surface area contributed by atoms with Crippen molar-refractivity contribution in [2.75, 3.05) is 6.61 Å². The third-order valence-corrected chi connectivity index (χ3v) is 1.84. The SMILES string of the molecule is N[C@H](CO)c1ccc(C(=O)O)cc1F. The van der Waals surface area contributed by atoms with Crippen LogP contribution in [0.25, 0.3) is 0 Å². The zero-order valence-corrected chi connectivity index (χ0v) is 7.27. The molecule has 0 aliphatic carbocycles. The summed E-state index contributed by atoms with van der Waals surface area (Å²) in [6.07, 6.45) is 0. The van der Waals surface area contributed by atoms with Crippen LogP contribution in [0.4, 0.5) is 4.39 Å². The number of hydrogen-bond acceptors (Lipinski definition) is 3. The Balaban J connectivity index is 3.07. The van der Waals surface area contributed by atoms with Gasteiger partial charge in [-0.3, -0.25) is 0 Å². The van der Waals surface area contributed by atoms with Crippen molar-refractivity contribution in [3.8, 4) is 0 Å². The van der Waals surface area contributed by atoms with E-state index in [0.717, 1.165) is 6.07 Å². The highest BCUT2D eigenvalue weighted by molar-refractivity contribution is 5.87. The van der Waals surface area contributed by atoms with Crippen molar-refractivity contribution in [2.45, 2.75) is 6.04 Å². The van der Waals surface area contributed by atoms with E-state index in [2.05, 4.69) is 0 Å². The van der Waals surface area contributed by atoms with Crippen LogP contribution in [0, 0.1) is 5.82 Å². The average molecular weight is 199 g/mol. The number of aromatic carboxylic acids is 1. The molecule has 0 saturated carbocycles. The summed E-state index contributed by atoms with van der Waals surface area (Å²) in [6.45, 7) is -0.386. The molecule has 1 atom stereocenters. The van der Waals surface area contributed by atoms with E-state index >= 15 is 0 Å². The molecule has 0 aliphatic heterocycles. The first-order chi connectivity index (χ1) is 6.56. The second-order valence-electron chi connectivity index (χ2n) is 2.83. The van der Waals surface area contributed by atoms with Gasteiger partial charge in [-0.25, -0.2) is 9.18 Å². The van der Waals surface area contributed by atoms with Crippen molar-refractivity contribution in [1.29, 1.82) is 0 Å². The van der Waals surface area contributed by atoms with Crippen molar-refractivity contribution in [2.24, 2.45) is 5.73 Å². The Hall–Kier alpha value is -1.46. The van der Waals surface area contributed by atoms with Crippen LogP contribution in [0.2, 0.25) is 0 Å². The molecule has 0 radical (unpaired) electrons. The van der Waals surface area contributed by atoms with Gasteiger partial charge in [0.1, 0.15) is 5.82 Å². The largest absolute Gasteiger partial charge is 0.478 e. The van der Waals surface area contributed by atoms with Gasteiger partial charge in [0.05, 0.1) is 18.2 Å². The summed E-state index contributed by atoms with van der Waals surface area (Å²) in [5, 5.41) is 17.2. The van der Waals surface area contributed by atoms with Crippen molar-refractivity contribution < 1.29 is 19.4 Å². The lowest BCUT2D eigenvalue weighted by Gasteiger charge is -2.09. The second kappa shape index (κ2) is 4.17. The van der Waals surface area contributed by atoms with Crippen LogP contribution < -0.4 is 5.73 Å². The first-order valence-corrected chi connectivity index (χ1v) is 3.95. The third-order valence-electron chi connectivity index (χ3n) is 1.84. The molecule has 0 amide bonds. The highest BCUT2D eigenvalue weighted by atomic mass is 19.1. The Bertz CT molecular complexity index is 354. The molecule has 0 aliphatic rings. The minimum absolute atomic E-state index is 0.109. The van der Waals surface area contributed by atoms with Gasteiger partial charge in [-0.2, -0.15) is 0 Å². The van der Waals surface area contributed by atoms with Gasteiger partial charge >= 0.3 is 5.97 Å². The maximum Gasteiger partial charge on any atom is 0.335 e. The standard InChI is InChI=1S/C9H10FNO3/c10-7-3-5(9(13)14)1-2-6(7)8(11)4-12/h1-3,8,12H,4,11H2,(H,13,14)/t8-/m1/s1. The van der Waals surface area contributed by atoms with Gasteiger partial charge in [0, 0.05) is 5.56 Å². The summed E-state index contributed by atoms with van der Waals surface area (Å²) in [4.78, 5) is 10.5. The number of carboxylic acids is 1. The molecule has 1 aromatic rings. The van der Waals surface area contributed by atoms with Crippen LogP contribution >= 0.6 is 0 Å². The van der Waals surface area contributed by atoms with Gasteiger partial charge in [0.2, 0.25) is 0 Å². The molecule has 0 bridgehead atoms. The molecule has 1 rings (SSSR count). The molecule has 1 aromatic carbocycles. The monoisotopic (exact) mass is 199 g/mol.